The second-order valence-electron chi connectivity index (χ2n) is 13.3. The first-order chi connectivity index (χ1) is 25.2. The lowest BCUT2D eigenvalue weighted by atomic mass is 9.97. The van der Waals surface area contributed by atoms with Crippen LogP contribution in [0.5, 0.6) is 0 Å². The summed E-state index contributed by atoms with van der Waals surface area (Å²) in [4.78, 5) is 15.6. The number of aromatic nitrogens is 2. The number of hydrogen-bond acceptors (Lipinski definition) is 11. The molecule has 7 atom stereocenters. The average Bonchev–Trinajstić information content (AvgIpc) is 4.02. The van der Waals surface area contributed by atoms with Crippen LogP contribution in [0.15, 0.2) is 118 Å². The van der Waals surface area contributed by atoms with Crippen molar-refractivity contribution < 1.29 is 14.2 Å². The highest BCUT2D eigenvalue weighted by Gasteiger charge is 2.24. The first-order valence-electron chi connectivity index (χ1n) is 18.2. The van der Waals surface area contributed by atoms with Crippen LogP contribution in [-0.4, -0.2) is 59.1 Å². The molecule has 0 bridgehead atoms. The first-order valence-corrected chi connectivity index (χ1v) is 19.2. The molecule has 0 fully saturated rings. The van der Waals surface area contributed by atoms with Gasteiger partial charge in [0.25, 0.3) is 5.56 Å². The van der Waals surface area contributed by atoms with Crippen molar-refractivity contribution >= 4 is 24.2 Å². The lowest BCUT2D eigenvalue weighted by Gasteiger charge is -2.17. The Bertz CT molecular complexity index is 1450. The lowest BCUT2D eigenvalue weighted by molar-refractivity contribution is 0.189. The molecule has 3 N–H and O–H groups in total. The summed E-state index contributed by atoms with van der Waals surface area (Å²) in [6.07, 6.45) is 37.1. The van der Waals surface area contributed by atoms with Crippen molar-refractivity contribution in [2.45, 2.75) is 78.0 Å². The summed E-state index contributed by atoms with van der Waals surface area (Å²) in [5.41, 5.74) is 6.94. The summed E-state index contributed by atoms with van der Waals surface area (Å²) >= 11 is 1.96. The van der Waals surface area contributed by atoms with Crippen molar-refractivity contribution in [2.75, 3.05) is 19.0 Å². The Hall–Kier alpha value is -4.45. The van der Waals surface area contributed by atoms with E-state index in [9.17, 15) is 4.79 Å². The standard InChI is InChI=1S/C7H12.2C6H8N2O.C6H9N.C5H6N2O.C5H8O.C5H8S/c1-7-5-3-2-4-6-7;2*1-2-9-4-5-3-7-8-6(1)5;1-5-3-4-7-6(5)2;1-7-3-2-6-4-5(7)8;2*1-5-3-2-4-6-5/h2-3,7H,4-6H2,1H3;2*1-3,5-6,8H,4H2;3-5,7H,2H2,1H3;2-4H,1H3;2,4-5H,3H2,1H3;3H,2,4H2,1H3/t7-;;;5-;;5-;/m1..0.0./s1. The molecular weight excluding hydrogens is 675 g/mol. The fraction of sp³-hybridized carbons (Fsp3) is 0.500. The normalized spacial score (nSPS) is 28.2. The number of ether oxygens (including phenoxy) is 3. The average molecular weight is 734 g/mol. The van der Waals surface area contributed by atoms with Crippen LogP contribution in [0.4, 0.5) is 0 Å². The fourth-order valence-corrected chi connectivity index (χ4v) is 5.83. The van der Waals surface area contributed by atoms with E-state index in [0.717, 1.165) is 31.2 Å². The second-order valence-corrected chi connectivity index (χ2v) is 14.6. The Kier molecular flexibility index (Phi) is 19.9. The SMILES string of the molecule is C1=CC2NN=CC2CO1.C1=CC2NN=CC2CO1.C=C1NC=C[C@@H]1C.CC1=CCCS1.C[C@@H]1CC=CCC1.C[C@H]1CC=CO1.Cn1ccncc1=O. The van der Waals surface area contributed by atoms with E-state index in [2.05, 4.69) is 89.9 Å². The molecule has 9 rings (SSSR count). The summed E-state index contributed by atoms with van der Waals surface area (Å²) in [5.74, 6) is 3.70. The summed E-state index contributed by atoms with van der Waals surface area (Å²) in [6, 6.07) is 0.775. The molecule has 0 saturated carbocycles. The summed E-state index contributed by atoms with van der Waals surface area (Å²) in [7, 11) is 1.68. The van der Waals surface area contributed by atoms with Crippen LogP contribution in [-0.2, 0) is 21.3 Å². The number of nitrogens with zero attached hydrogens (tertiary/aromatic N) is 4. The molecule has 1 aliphatic carbocycles. The van der Waals surface area contributed by atoms with E-state index in [1.54, 1.807) is 38.2 Å². The van der Waals surface area contributed by atoms with Crippen molar-refractivity contribution in [1.82, 2.24) is 25.7 Å². The zero-order valence-electron chi connectivity index (χ0n) is 31.5. The van der Waals surface area contributed by atoms with Crippen LogP contribution in [0.3, 0.4) is 0 Å². The quantitative estimate of drug-likeness (QED) is 0.244. The van der Waals surface area contributed by atoms with Crippen molar-refractivity contribution in [3.05, 3.63) is 114 Å². The highest BCUT2D eigenvalue weighted by molar-refractivity contribution is 8.03. The third-order valence-electron chi connectivity index (χ3n) is 8.64. The Morgan fingerprint density at radius 2 is 1.60 bits per heavy atom. The van der Waals surface area contributed by atoms with Crippen LogP contribution in [0.2, 0.25) is 0 Å². The molecule has 0 amide bonds. The summed E-state index contributed by atoms with van der Waals surface area (Å²) in [6.45, 7) is 13.9. The van der Waals surface area contributed by atoms with Crippen LogP contribution in [0.1, 0.15) is 59.8 Å². The van der Waals surface area contributed by atoms with Crippen molar-refractivity contribution in [1.29, 1.82) is 0 Å². The molecule has 284 valence electrons. The molecule has 52 heavy (non-hydrogen) atoms. The van der Waals surface area contributed by atoms with Gasteiger partial charge >= 0.3 is 0 Å². The van der Waals surface area contributed by atoms with E-state index in [4.69, 9.17) is 14.2 Å². The predicted octanol–water partition coefficient (Wildman–Crippen LogP) is 6.94. The molecule has 11 nitrogen and oxygen atoms in total. The highest BCUT2D eigenvalue weighted by atomic mass is 32.2. The minimum absolute atomic E-state index is 0.0764. The zero-order chi connectivity index (χ0) is 37.4. The monoisotopic (exact) mass is 733 g/mol. The minimum Gasteiger partial charge on any atom is -0.501 e. The van der Waals surface area contributed by atoms with Gasteiger partial charge in [0.05, 0.1) is 68.2 Å². The molecule has 1 aromatic heterocycles. The number of thioether (sulfide) groups is 1. The van der Waals surface area contributed by atoms with Gasteiger partial charge in [-0.05, 0) is 74.8 Å². The van der Waals surface area contributed by atoms with Gasteiger partial charge in [-0.1, -0.05) is 44.7 Å². The van der Waals surface area contributed by atoms with Gasteiger partial charge in [0.1, 0.15) is 0 Å². The van der Waals surface area contributed by atoms with Crippen molar-refractivity contribution in [3.63, 3.8) is 0 Å². The number of hydrogen-bond donors (Lipinski definition) is 3. The largest absolute Gasteiger partial charge is 0.501 e. The van der Waals surface area contributed by atoms with Gasteiger partial charge in [0.15, 0.2) is 0 Å². The number of aryl methyl sites for hydroxylation is 1. The molecule has 0 spiro atoms. The summed E-state index contributed by atoms with van der Waals surface area (Å²) < 4.78 is 16.6. The number of fused-ring (bicyclic) bond motifs is 2. The van der Waals surface area contributed by atoms with Crippen molar-refractivity contribution in [2.24, 2.45) is 40.9 Å². The molecule has 8 heterocycles. The van der Waals surface area contributed by atoms with E-state index >= 15 is 0 Å². The zero-order valence-corrected chi connectivity index (χ0v) is 32.3. The Morgan fingerprint density at radius 3 is 1.90 bits per heavy atom. The molecule has 12 heteroatoms. The van der Waals surface area contributed by atoms with Gasteiger partial charge in [0, 0.05) is 55.7 Å². The third-order valence-corrected chi connectivity index (χ3v) is 9.70. The van der Waals surface area contributed by atoms with E-state index in [1.807, 2.05) is 48.6 Å². The highest BCUT2D eigenvalue weighted by Crippen LogP contribution is 2.22. The fourth-order valence-electron chi connectivity index (χ4n) is 5.04. The third kappa shape index (κ3) is 17.2. The Balaban J connectivity index is 0.000000165. The van der Waals surface area contributed by atoms with Crippen LogP contribution < -0.4 is 21.7 Å². The van der Waals surface area contributed by atoms with Crippen molar-refractivity contribution in [3.8, 4) is 0 Å². The molecule has 1 aromatic rings. The lowest BCUT2D eigenvalue weighted by Crippen LogP contribution is -2.30. The maximum atomic E-state index is 10.5. The van der Waals surface area contributed by atoms with Gasteiger partial charge in [-0.15, -0.1) is 11.8 Å². The van der Waals surface area contributed by atoms with Gasteiger partial charge in [-0.2, -0.15) is 10.2 Å². The molecule has 0 aromatic carbocycles. The van der Waals surface area contributed by atoms with Gasteiger partial charge in [-0.3, -0.25) is 9.78 Å². The Labute approximate surface area is 314 Å². The molecule has 8 aliphatic rings. The molecule has 0 saturated heterocycles. The summed E-state index contributed by atoms with van der Waals surface area (Å²) in [5, 5.41) is 10.8. The van der Waals surface area contributed by atoms with Crippen LogP contribution in [0.25, 0.3) is 0 Å². The first kappa shape index (κ1) is 42.0. The van der Waals surface area contributed by atoms with E-state index in [1.165, 1.54) is 47.1 Å². The van der Waals surface area contributed by atoms with Gasteiger partial charge in [-0.25, -0.2) is 0 Å². The number of nitrogens with one attached hydrogen (secondary N) is 3. The topological polar surface area (TPSA) is 123 Å². The molecule has 0 radical (unpaired) electrons. The number of hydrazone groups is 2. The van der Waals surface area contributed by atoms with E-state index < -0.39 is 0 Å². The van der Waals surface area contributed by atoms with E-state index in [-0.39, 0.29) is 5.56 Å². The van der Waals surface area contributed by atoms with Gasteiger partial charge < -0.3 is 34.9 Å². The smallest absolute Gasteiger partial charge is 0.268 e. The molecular formula is C40H59N7O4S. The van der Waals surface area contributed by atoms with E-state index in [0.29, 0.717) is 35.9 Å². The van der Waals surface area contributed by atoms with Gasteiger partial charge in [0.2, 0.25) is 0 Å². The Morgan fingerprint density at radius 1 is 0.904 bits per heavy atom. The maximum absolute atomic E-state index is 10.5. The van der Waals surface area contributed by atoms with Crippen LogP contribution >= 0.6 is 11.8 Å². The second kappa shape index (κ2) is 24.7. The number of allylic oxidation sites excluding steroid dienone is 5. The maximum Gasteiger partial charge on any atom is 0.268 e. The minimum atomic E-state index is -0.0764. The predicted molar refractivity (Wildman–Crippen MR) is 215 cm³/mol. The number of rotatable bonds is 0. The molecule has 7 aliphatic heterocycles. The van der Waals surface area contributed by atoms with Crippen LogP contribution in [0, 0.1) is 23.7 Å². The molecule has 4 unspecified atom stereocenters.